The van der Waals surface area contributed by atoms with Crippen molar-refractivity contribution in [3.8, 4) is 33.9 Å². The predicted molar refractivity (Wildman–Crippen MR) is 291 cm³/mol. The minimum Gasteiger partial charge on any atom is -0.335 e. The van der Waals surface area contributed by atoms with Crippen LogP contribution in [0.2, 0.25) is 0 Å². The van der Waals surface area contributed by atoms with E-state index in [2.05, 4.69) is 214 Å². The molecule has 4 nitrogen and oxygen atoms in total. The zero-order valence-electron chi connectivity index (χ0n) is 39.2. The molecule has 0 N–H and O–H groups in total. The maximum absolute atomic E-state index is 5.43. The smallest absolute Gasteiger partial charge is 0.164 e. The number of hydrogen-bond donors (Lipinski definition) is 0. The standard InChI is InChI=1S/C55H42N4.C9H14/c1-2-3-17-41(35-59-48-29-14-13-26-45(48)51-46-27-15-24-38-30-31-39-25-16-28-47(52(51)59)50(39)49(38)46)54-56-53(40-22-11-6-12-23-40)57-55(58-54)44-33-42(36-18-7-4-8-19-36)32-43(34-44)37-20-9-5-10-21-37;1-5-7-9(6-2)8(3)4/h2-4,6-9,11-20,22-34,37H,5,10,21,35H2,1H3;5-8H,1-2H2,3-4H3/b3-2-,41-17+;9-7-. The molecule has 10 aromatic rings. The predicted octanol–water partition coefficient (Wildman–Crippen LogP) is 17.3. The van der Waals surface area contributed by atoms with Crippen LogP contribution >= 0.6 is 0 Å². The fourth-order valence-electron chi connectivity index (χ4n) is 10.0. The highest BCUT2D eigenvalue weighted by molar-refractivity contribution is 6.37. The van der Waals surface area contributed by atoms with Gasteiger partial charge < -0.3 is 4.57 Å². The summed E-state index contributed by atoms with van der Waals surface area (Å²) in [7, 11) is 0. The van der Waals surface area contributed by atoms with E-state index < -0.39 is 0 Å². The number of allylic oxidation sites excluding steroid dienone is 10. The number of aromatic nitrogens is 4. The minimum atomic E-state index is 0.347. The summed E-state index contributed by atoms with van der Waals surface area (Å²) in [6.45, 7) is 14.2. The molecular weight excluding hydrogens is 825 g/mol. The summed E-state index contributed by atoms with van der Waals surface area (Å²) in [5, 5.41) is 10.2. The van der Waals surface area contributed by atoms with Crippen molar-refractivity contribution in [2.45, 2.75) is 52.5 Å². The molecule has 0 amide bonds. The molecule has 1 unspecified atom stereocenters. The molecule has 332 valence electrons. The lowest BCUT2D eigenvalue weighted by atomic mass is 9.86. The van der Waals surface area contributed by atoms with Gasteiger partial charge in [-0.25, -0.2) is 15.0 Å². The monoisotopic (exact) mass is 880 g/mol. The van der Waals surface area contributed by atoms with Crippen molar-refractivity contribution in [2.75, 3.05) is 0 Å². The molecule has 0 aliphatic heterocycles. The highest BCUT2D eigenvalue weighted by Gasteiger charge is 2.23. The number of fused-ring (bicyclic) bond motifs is 5. The minimum absolute atomic E-state index is 0.347. The first-order valence-corrected chi connectivity index (χ1v) is 24.0. The molecule has 8 aromatic carbocycles. The van der Waals surface area contributed by atoms with Crippen LogP contribution in [0.1, 0.15) is 57.3 Å². The number of hydrogen-bond acceptors (Lipinski definition) is 3. The third-order valence-corrected chi connectivity index (χ3v) is 13.4. The third kappa shape index (κ3) is 8.50. The topological polar surface area (TPSA) is 43.6 Å². The van der Waals surface area contributed by atoms with Crippen molar-refractivity contribution < 1.29 is 0 Å². The summed E-state index contributed by atoms with van der Waals surface area (Å²) in [6.07, 6.45) is 20.2. The van der Waals surface area contributed by atoms with Crippen LogP contribution in [0.3, 0.4) is 0 Å². The maximum atomic E-state index is 5.43. The quantitative estimate of drug-likeness (QED) is 0.0738. The summed E-state index contributed by atoms with van der Waals surface area (Å²) in [4.78, 5) is 16.0. The van der Waals surface area contributed by atoms with Gasteiger partial charge in [0.1, 0.15) is 0 Å². The van der Waals surface area contributed by atoms with E-state index >= 15 is 0 Å². The van der Waals surface area contributed by atoms with E-state index in [1.807, 2.05) is 18.2 Å². The lowest BCUT2D eigenvalue weighted by Crippen LogP contribution is -2.08. The summed E-state index contributed by atoms with van der Waals surface area (Å²) in [6, 6.07) is 54.8. The molecule has 0 radical (unpaired) electrons. The van der Waals surface area contributed by atoms with Crippen molar-refractivity contribution in [1.82, 2.24) is 19.5 Å². The van der Waals surface area contributed by atoms with Crippen LogP contribution in [0, 0.1) is 5.92 Å². The first-order valence-electron chi connectivity index (χ1n) is 24.0. The van der Waals surface area contributed by atoms with Gasteiger partial charge in [-0.05, 0) is 99.5 Å². The Morgan fingerprint density at radius 1 is 0.647 bits per heavy atom. The molecule has 11 rings (SSSR count). The van der Waals surface area contributed by atoms with Crippen LogP contribution in [-0.4, -0.2) is 19.5 Å². The Morgan fingerprint density at radius 2 is 1.29 bits per heavy atom. The molecule has 0 saturated heterocycles. The fourth-order valence-corrected chi connectivity index (χ4v) is 10.0. The Kier molecular flexibility index (Phi) is 12.6. The Balaban J connectivity index is 0.000000546. The molecule has 2 aromatic heterocycles. The molecule has 2 heterocycles. The molecule has 4 heteroatoms. The van der Waals surface area contributed by atoms with Gasteiger partial charge >= 0.3 is 0 Å². The fraction of sp³-hybridized carbons (Fsp3) is 0.141. The normalized spacial score (nSPS) is 14.4. The summed E-state index contributed by atoms with van der Waals surface area (Å²) in [5.41, 5.74) is 10.2. The molecule has 1 aliphatic carbocycles. The summed E-state index contributed by atoms with van der Waals surface area (Å²) in [5.74, 6) is 2.90. The van der Waals surface area contributed by atoms with Gasteiger partial charge in [0, 0.05) is 44.3 Å². The molecule has 0 saturated carbocycles. The van der Waals surface area contributed by atoms with Crippen LogP contribution in [0.5, 0.6) is 0 Å². The highest BCUT2D eigenvalue weighted by atomic mass is 15.1. The second-order valence-electron chi connectivity index (χ2n) is 18.0. The van der Waals surface area contributed by atoms with E-state index in [-0.39, 0.29) is 0 Å². The van der Waals surface area contributed by atoms with Gasteiger partial charge in [-0.1, -0.05) is 209 Å². The van der Waals surface area contributed by atoms with Crippen LogP contribution in [-0.2, 0) is 6.54 Å². The zero-order chi connectivity index (χ0) is 46.6. The first-order chi connectivity index (χ1) is 33.4. The van der Waals surface area contributed by atoms with Gasteiger partial charge in [-0.15, -0.1) is 0 Å². The highest BCUT2D eigenvalue weighted by Crippen LogP contribution is 2.45. The number of rotatable bonds is 11. The summed E-state index contributed by atoms with van der Waals surface area (Å²) < 4.78 is 2.50. The van der Waals surface area contributed by atoms with Crippen LogP contribution in [0.15, 0.2) is 219 Å². The van der Waals surface area contributed by atoms with E-state index in [0.29, 0.717) is 35.9 Å². The maximum Gasteiger partial charge on any atom is 0.164 e. The van der Waals surface area contributed by atoms with Crippen molar-refractivity contribution in [2.24, 2.45) is 5.92 Å². The Morgan fingerprint density at radius 3 is 1.96 bits per heavy atom. The van der Waals surface area contributed by atoms with E-state index in [4.69, 9.17) is 15.0 Å². The van der Waals surface area contributed by atoms with Gasteiger partial charge in [0.2, 0.25) is 0 Å². The van der Waals surface area contributed by atoms with Crippen LogP contribution in [0.25, 0.3) is 93.6 Å². The molecule has 0 spiro atoms. The van der Waals surface area contributed by atoms with Gasteiger partial charge in [-0.2, -0.15) is 0 Å². The molecule has 68 heavy (non-hydrogen) atoms. The largest absolute Gasteiger partial charge is 0.335 e. The van der Waals surface area contributed by atoms with Crippen LogP contribution < -0.4 is 0 Å². The second kappa shape index (κ2) is 19.5. The lowest BCUT2D eigenvalue weighted by molar-refractivity contribution is 0.654. The number of para-hydroxylation sites is 1. The summed E-state index contributed by atoms with van der Waals surface area (Å²) >= 11 is 0. The van der Waals surface area contributed by atoms with Gasteiger partial charge in [0.05, 0.1) is 12.1 Å². The molecule has 1 aliphatic rings. The van der Waals surface area contributed by atoms with E-state index in [1.165, 1.54) is 82.8 Å². The van der Waals surface area contributed by atoms with Crippen molar-refractivity contribution in [1.29, 1.82) is 0 Å². The average Bonchev–Trinajstić information content (AvgIpc) is 3.73. The lowest BCUT2D eigenvalue weighted by Gasteiger charge is -2.19. The van der Waals surface area contributed by atoms with E-state index in [1.54, 1.807) is 6.08 Å². The van der Waals surface area contributed by atoms with Gasteiger partial charge in [0.25, 0.3) is 0 Å². The Hall–Kier alpha value is -7.95. The number of nitrogens with zero attached hydrogens (tertiary/aromatic N) is 4. The van der Waals surface area contributed by atoms with E-state index in [0.717, 1.165) is 29.5 Å². The average molecular weight is 881 g/mol. The van der Waals surface area contributed by atoms with E-state index in [9.17, 15) is 0 Å². The number of benzene rings is 8. The second-order valence-corrected chi connectivity index (χ2v) is 18.0. The first kappa shape index (κ1) is 43.9. The van der Waals surface area contributed by atoms with Gasteiger partial charge in [-0.3, -0.25) is 0 Å². The molecule has 1 atom stereocenters. The SMILES string of the molecule is C/C=C\C=C(/Cn1c2ccccc2c2c3cccc4ccc5cccc(c5c43)c21)c1nc(-c2ccccc2)nc(-c2cc(-c3ccccc3)cc(C3C=CCCC3)c2)n1.C=C/C=C(/C=C)C(C)C. The Labute approximate surface area is 400 Å². The van der Waals surface area contributed by atoms with Crippen molar-refractivity contribution in [3.05, 3.63) is 230 Å². The van der Waals surface area contributed by atoms with Crippen LogP contribution in [0.4, 0.5) is 0 Å². The van der Waals surface area contributed by atoms with Crippen molar-refractivity contribution in [3.63, 3.8) is 0 Å². The van der Waals surface area contributed by atoms with Gasteiger partial charge in [0.15, 0.2) is 17.5 Å². The molecule has 0 bridgehead atoms. The molecule has 0 fully saturated rings. The molecular formula is C64H56N4. The third-order valence-electron chi connectivity index (χ3n) is 13.4. The Bertz CT molecular complexity index is 3580. The van der Waals surface area contributed by atoms with Crippen molar-refractivity contribution >= 4 is 59.7 Å². The zero-order valence-corrected chi connectivity index (χ0v) is 39.2.